The number of carbonyl (C=O) groups is 1. The Bertz CT molecular complexity index is 954. The molecule has 5 nitrogen and oxygen atoms in total. The van der Waals surface area contributed by atoms with Crippen molar-refractivity contribution in [2.24, 2.45) is 11.8 Å². The van der Waals surface area contributed by atoms with Crippen LogP contribution in [-0.4, -0.2) is 70.3 Å². The van der Waals surface area contributed by atoms with Crippen molar-refractivity contribution in [3.05, 3.63) is 71.8 Å². The van der Waals surface area contributed by atoms with Crippen LogP contribution in [0.1, 0.15) is 57.9 Å². The molecule has 2 unspecified atom stereocenters. The van der Waals surface area contributed by atoms with Gasteiger partial charge in [0.1, 0.15) is 6.04 Å². The number of aliphatic hydroxyl groups is 1. The Labute approximate surface area is 226 Å². The zero-order valence-electron chi connectivity index (χ0n) is 22.9. The van der Waals surface area contributed by atoms with Gasteiger partial charge in [-0.2, -0.15) is 0 Å². The minimum Gasteiger partial charge on any atom is -0.480 e. The van der Waals surface area contributed by atoms with E-state index in [2.05, 4.69) is 23.6 Å². The van der Waals surface area contributed by atoms with Crippen LogP contribution in [-0.2, 0) is 11.2 Å². The van der Waals surface area contributed by atoms with Gasteiger partial charge in [-0.25, -0.2) is 8.78 Å². The third-order valence-corrected chi connectivity index (χ3v) is 7.80. The molecule has 0 amide bonds. The van der Waals surface area contributed by atoms with Gasteiger partial charge in [-0.15, -0.1) is 0 Å². The smallest absolute Gasteiger partial charge is 0.320 e. The number of hydrogen-bond acceptors (Lipinski definition) is 4. The number of carboxylic acid groups (broad SMARTS) is 1. The van der Waals surface area contributed by atoms with Crippen LogP contribution in [0.15, 0.2) is 54.6 Å². The summed E-state index contributed by atoms with van der Waals surface area (Å²) in [6.07, 6.45) is 5.17. The lowest BCUT2D eigenvalue weighted by molar-refractivity contribution is -0.143. The van der Waals surface area contributed by atoms with Crippen molar-refractivity contribution in [3.63, 3.8) is 0 Å². The van der Waals surface area contributed by atoms with E-state index >= 15 is 0 Å². The zero-order valence-corrected chi connectivity index (χ0v) is 22.9. The summed E-state index contributed by atoms with van der Waals surface area (Å²) in [5.41, 5.74) is 0.0653. The van der Waals surface area contributed by atoms with Crippen LogP contribution < -0.4 is 0 Å². The van der Waals surface area contributed by atoms with E-state index in [1.165, 1.54) is 6.07 Å². The summed E-state index contributed by atoms with van der Waals surface area (Å²) in [4.78, 5) is 16.2. The lowest BCUT2D eigenvalue weighted by Crippen LogP contribution is -2.46. The fourth-order valence-electron chi connectivity index (χ4n) is 5.62. The van der Waals surface area contributed by atoms with Gasteiger partial charge in [-0.1, -0.05) is 56.3 Å². The third-order valence-electron chi connectivity index (χ3n) is 7.80. The normalized spacial score (nSPS) is 20.6. The number of piperidine rings is 1. The minimum absolute atomic E-state index is 0.358. The molecule has 0 aliphatic carbocycles. The SMILES string of the molecule is CC(C)CC(C(=O)O)N1CCC(CN2CCC(O)(CCCc3ccc(F)c(F)c3)CC2)C1.c1ccccc1. The largest absolute Gasteiger partial charge is 0.480 e. The molecule has 2 saturated heterocycles. The summed E-state index contributed by atoms with van der Waals surface area (Å²) in [6, 6.07) is 15.6. The maximum absolute atomic E-state index is 13.3. The van der Waals surface area contributed by atoms with Gasteiger partial charge >= 0.3 is 5.97 Å². The van der Waals surface area contributed by atoms with Crippen molar-refractivity contribution in [1.29, 1.82) is 0 Å². The van der Waals surface area contributed by atoms with Crippen molar-refractivity contribution < 1.29 is 23.8 Å². The van der Waals surface area contributed by atoms with E-state index in [4.69, 9.17) is 0 Å². The van der Waals surface area contributed by atoms with Crippen LogP contribution >= 0.6 is 0 Å². The van der Waals surface area contributed by atoms with Gasteiger partial charge in [0.2, 0.25) is 0 Å². The molecule has 0 bridgehead atoms. The van der Waals surface area contributed by atoms with E-state index in [-0.39, 0.29) is 6.04 Å². The summed E-state index contributed by atoms with van der Waals surface area (Å²) in [5, 5.41) is 20.6. The molecule has 7 heteroatoms. The van der Waals surface area contributed by atoms with Crippen molar-refractivity contribution in [2.75, 3.05) is 32.7 Å². The number of aryl methyl sites for hydroxylation is 1. The molecule has 0 spiro atoms. The van der Waals surface area contributed by atoms with Crippen LogP contribution in [0.5, 0.6) is 0 Å². The molecule has 210 valence electrons. The van der Waals surface area contributed by atoms with E-state index in [9.17, 15) is 23.8 Å². The highest BCUT2D eigenvalue weighted by Gasteiger charge is 2.36. The highest BCUT2D eigenvalue weighted by molar-refractivity contribution is 5.73. The fraction of sp³-hybridized carbons (Fsp3) is 0.581. The average Bonchev–Trinajstić information content (AvgIpc) is 3.35. The van der Waals surface area contributed by atoms with Gasteiger partial charge in [-0.05, 0) is 81.0 Å². The second kappa shape index (κ2) is 14.7. The predicted octanol–water partition coefficient (Wildman–Crippen LogP) is 5.62. The molecule has 2 heterocycles. The quantitative estimate of drug-likeness (QED) is 0.417. The topological polar surface area (TPSA) is 64.0 Å². The molecule has 2 N–H and O–H groups in total. The molecule has 2 aliphatic rings. The minimum atomic E-state index is -0.830. The second-order valence-electron chi connectivity index (χ2n) is 11.4. The molecule has 2 aliphatic heterocycles. The van der Waals surface area contributed by atoms with E-state index in [0.717, 1.165) is 57.2 Å². The third kappa shape index (κ3) is 9.75. The first kappa shape index (κ1) is 30.2. The summed E-state index contributed by atoms with van der Waals surface area (Å²) < 4.78 is 26.4. The van der Waals surface area contributed by atoms with Gasteiger partial charge in [-0.3, -0.25) is 9.69 Å². The van der Waals surface area contributed by atoms with Crippen LogP contribution in [0.3, 0.4) is 0 Å². The number of halogens is 2. The second-order valence-corrected chi connectivity index (χ2v) is 11.4. The number of likely N-dealkylation sites (tertiary alicyclic amines) is 2. The molecule has 2 fully saturated rings. The maximum Gasteiger partial charge on any atom is 0.320 e. The molecule has 0 saturated carbocycles. The van der Waals surface area contributed by atoms with Crippen molar-refractivity contribution in [3.8, 4) is 0 Å². The van der Waals surface area contributed by atoms with Crippen LogP contribution in [0, 0.1) is 23.5 Å². The Kier molecular flexibility index (Phi) is 11.7. The Morgan fingerprint density at radius 3 is 2.21 bits per heavy atom. The molecule has 2 aromatic rings. The van der Waals surface area contributed by atoms with Crippen LogP contribution in [0.2, 0.25) is 0 Å². The lowest BCUT2D eigenvalue weighted by Gasteiger charge is -2.39. The Balaban J connectivity index is 0.000000585. The molecular weight excluding hydrogens is 486 g/mol. The first-order valence-corrected chi connectivity index (χ1v) is 14.0. The first-order chi connectivity index (χ1) is 18.1. The van der Waals surface area contributed by atoms with Gasteiger partial charge < -0.3 is 15.1 Å². The highest BCUT2D eigenvalue weighted by atomic mass is 19.2. The number of aliphatic carboxylic acids is 1. The van der Waals surface area contributed by atoms with Crippen molar-refractivity contribution >= 4 is 5.97 Å². The Hall–Kier alpha value is -2.35. The summed E-state index contributed by atoms with van der Waals surface area (Å²) in [7, 11) is 0. The van der Waals surface area contributed by atoms with E-state index in [0.29, 0.717) is 43.9 Å². The molecule has 4 rings (SSSR count). The molecule has 2 atom stereocenters. The standard InChI is InChI=1S/C25H38F2N2O3.C6H6/c1-18(2)14-23(24(30)31)29-11-7-20(17-29)16-28-12-9-25(32,10-13-28)8-3-4-19-5-6-21(26)22(27)15-19;1-2-4-6-5-3-1/h5-6,15,18,20,23,32H,3-4,7-14,16-17H2,1-2H3,(H,30,31);1-6H. The fourth-order valence-corrected chi connectivity index (χ4v) is 5.62. The average molecular weight is 531 g/mol. The molecule has 2 aromatic carbocycles. The number of rotatable bonds is 10. The molecule has 38 heavy (non-hydrogen) atoms. The lowest BCUT2D eigenvalue weighted by atomic mass is 9.85. The number of nitrogens with zero attached hydrogens (tertiary/aromatic N) is 2. The monoisotopic (exact) mass is 530 g/mol. The number of hydrogen-bond donors (Lipinski definition) is 2. The predicted molar refractivity (Wildman–Crippen MR) is 147 cm³/mol. The zero-order chi connectivity index (χ0) is 27.5. The van der Waals surface area contributed by atoms with E-state index < -0.39 is 23.2 Å². The molecular formula is C31H44F2N2O3. The molecule has 0 radical (unpaired) electrons. The molecule has 0 aromatic heterocycles. The number of carboxylic acids is 1. The van der Waals surface area contributed by atoms with Gasteiger partial charge in [0, 0.05) is 26.2 Å². The van der Waals surface area contributed by atoms with E-state index in [1.807, 2.05) is 36.4 Å². The van der Waals surface area contributed by atoms with Crippen LogP contribution in [0.4, 0.5) is 8.78 Å². The first-order valence-electron chi connectivity index (χ1n) is 14.0. The summed E-state index contributed by atoms with van der Waals surface area (Å²) in [6.45, 7) is 8.44. The van der Waals surface area contributed by atoms with Gasteiger partial charge in [0.25, 0.3) is 0 Å². The Morgan fingerprint density at radius 2 is 1.66 bits per heavy atom. The number of benzene rings is 2. The Morgan fingerprint density at radius 1 is 1.03 bits per heavy atom. The highest BCUT2D eigenvalue weighted by Crippen LogP contribution is 2.30. The van der Waals surface area contributed by atoms with Gasteiger partial charge in [0.15, 0.2) is 11.6 Å². The van der Waals surface area contributed by atoms with Gasteiger partial charge in [0.05, 0.1) is 5.60 Å². The summed E-state index contributed by atoms with van der Waals surface area (Å²) in [5.74, 6) is -1.53. The van der Waals surface area contributed by atoms with Crippen molar-refractivity contribution in [2.45, 2.75) is 70.4 Å². The maximum atomic E-state index is 13.3. The summed E-state index contributed by atoms with van der Waals surface area (Å²) >= 11 is 0. The van der Waals surface area contributed by atoms with E-state index in [1.54, 1.807) is 6.07 Å². The van der Waals surface area contributed by atoms with Crippen LogP contribution in [0.25, 0.3) is 0 Å². The van der Waals surface area contributed by atoms with Crippen molar-refractivity contribution in [1.82, 2.24) is 9.80 Å².